The summed E-state index contributed by atoms with van der Waals surface area (Å²) in [5.41, 5.74) is 1.24. The maximum Gasteiger partial charge on any atom is 0.191 e. The minimum atomic E-state index is 0.693. The number of rotatable bonds is 8. The van der Waals surface area contributed by atoms with Gasteiger partial charge in [-0.15, -0.1) is 11.3 Å². The van der Waals surface area contributed by atoms with E-state index in [1.54, 1.807) is 28.9 Å². The Hall–Kier alpha value is -2.05. The van der Waals surface area contributed by atoms with Crippen LogP contribution in [0.2, 0.25) is 0 Å². The number of hydrogen-bond donors (Lipinski definition) is 2. The minimum absolute atomic E-state index is 0.693. The lowest BCUT2D eigenvalue weighted by molar-refractivity contribution is 0.506. The smallest absolute Gasteiger partial charge is 0.191 e. The second-order valence-electron chi connectivity index (χ2n) is 5.31. The van der Waals surface area contributed by atoms with Gasteiger partial charge in [-0.1, -0.05) is 6.07 Å². The molecule has 0 amide bonds. The van der Waals surface area contributed by atoms with Crippen molar-refractivity contribution in [2.24, 2.45) is 4.99 Å². The third-order valence-electron chi connectivity index (χ3n) is 3.49. The maximum absolute atomic E-state index is 5.37. The number of guanidine groups is 1. The molecule has 4 nitrogen and oxygen atoms in total. The van der Waals surface area contributed by atoms with Gasteiger partial charge in [0.1, 0.15) is 5.76 Å². The maximum atomic E-state index is 5.37. The summed E-state index contributed by atoms with van der Waals surface area (Å²) in [6.45, 7) is 2.36. The lowest BCUT2D eigenvalue weighted by atomic mass is 10.3. The molecule has 0 saturated heterocycles. The summed E-state index contributed by atoms with van der Waals surface area (Å²) in [5, 5.41) is 13.1. The van der Waals surface area contributed by atoms with Crippen LogP contribution in [0.4, 0.5) is 0 Å². The lowest BCUT2D eigenvalue weighted by Crippen LogP contribution is -2.39. The van der Waals surface area contributed by atoms with Gasteiger partial charge in [-0.25, -0.2) is 4.99 Å². The number of thiophene rings is 2. The van der Waals surface area contributed by atoms with Crippen molar-refractivity contribution in [1.29, 1.82) is 0 Å². The van der Waals surface area contributed by atoms with E-state index in [0.29, 0.717) is 6.54 Å². The largest absolute Gasteiger partial charge is 0.469 e. The molecule has 0 aliphatic rings. The quantitative estimate of drug-likeness (QED) is 0.473. The Morgan fingerprint density at radius 3 is 2.67 bits per heavy atom. The normalized spacial score (nSPS) is 11.6. The number of furan rings is 1. The SMILES string of the molecule is c1coc(CCNC(=NCc2ccsc2)NCCc2cccs2)c1. The zero-order chi connectivity index (χ0) is 16.5. The Morgan fingerprint density at radius 1 is 1.04 bits per heavy atom. The van der Waals surface area contributed by atoms with Crippen molar-refractivity contribution in [3.8, 4) is 0 Å². The first-order chi connectivity index (χ1) is 11.9. The van der Waals surface area contributed by atoms with Crippen LogP contribution in [0.1, 0.15) is 16.2 Å². The van der Waals surface area contributed by atoms with E-state index in [-0.39, 0.29) is 0 Å². The van der Waals surface area contributed by atoms with Gasteiger partial charge in [0.25, 0.3) is 0 Å². The van der Waals surface area contributed by atoms with Gasteiger partial charge < -0.3 is 15.1 Å². The summed E-state index contributed by atoms with van der Waals surface area (Å²) < 4.78 is 5.37. The molecule has 3 aromatic rings. The van der Waals surface area contributed by atoms with E-state index in [0.717, 1.165) is 37.7 Å². The fraction of sp³-hybridized carbons (Fsp3) is 0.278. The van der Waals surface area contributed by atoms with Gasteiger partial charge in [-0.05, 0) is 52.4 Å². The molecule has 24 heavy (non-hydrogen) atoms. The van der Waals surface area contributed by atoms with Crippen molar-refractivity contribution in [1.82, 2.24) is 10.6 Å². The van der Waals surface area contributed by atoms with Crippen LogP contribution in [0, 0.1) is 0 Å². The van der Waals surface area contributed by atoms with E-state index in [4.69, 9.17) is 4.42 Å². The van der Waals surface area contributed by atoms with Crippen LogP contribution >= 0.6 is 22.7 Å². The average Bonchev–Trinajstić information content (AvgIpc) is 3.34. The van der Waals surface area contributed by atoms with Gasteiger partial charge in [0, 0.05) is 24.4 Å². The molecule has 0 fully saturated rings. The Kier molecular flexibility index (Phi) is 6.51. The molecular formula is C18H21N3OS2. The van der Waals surface area contributed by atoms with E-state index in [1.807, 2.05) is 12.1 Å². The monoisotopic (exact) mass is 359 g/mol. The fourth-order valence-corrected chi connectivity index (χ4v) is 3.61. The second kappa shape index (κ2) is 9.30. The lowest BCUT2D eigenvalue weighted by Gasteiger charge is -2.12. The highest BCUT2D eigenvalue weighted by Gasteiger charge is 2.02. The van der Waals surface area contributed by atoms with Crippen molar-refractivity contribution in [2.75, 3.05) is 13.1 Å². The van der Waals surface area contributed by atoms with E-state index >= 15 is 0 Å². The number of nitrogens with one attached hydrogen (secondary N) is 2. The van der Waals surface area contributed by atoms with Crippen LogP contribution in [0.25, 0.3) is 0 Å². The molecule has 0 spiro atoms. The molecule has 0 radical (unpaired) electrons. The molecule has 0 aliphatic heterocycles. The summed E-state index contributed by atoms with van der Waals surface area (Å²) in [4.78, 5) is 6.06. The van der Waals surface area contributed by atoms with Gasteiger partial charge in [-0.2, -0.15) is 11.3 Å². The highest BCUT2D eigenvalue weighted by atomic mass is 32.1. The molecule has 126 valence electrons. The summed E-state index contributed by atoms with van der Waals surface area (Å²) in [6, 6.07) is 10.3. The van der Waals surface area contributed by atoms with Crippen LogP contribution in [0.3, 0.4) is 0 Å². The van der Waals surface area contributed by atoms with Crippen molar-refractivity contribution in [2.45, 2.75) is 19.4 Å². The van der Waals surface area contributed by atoms with Gasteiger partial charge in [0.2, 0.25) is 0 Å². The third-order valence-corrected chi connectivity index (χ3v) is 5.16. The van der Waals surface area contributed by atoms with Crippen LogP contribution in [0.15, 0.2) is 62.1 Å². The summed E-state index contributed by atoms with van der Waals surface area (Å²) in [6.07, 6.45) is 3.56. The van der Waals surface area contributed by atoms with Crippen molar-refractivity contribution < 1.29 is 4.42 Å². The van der Waals surface area contributed by atoms with Crippen molar-refractivity contribution >= 4 is 28.6 Å². The van der Waals surface area contributed by atoms with Crippen LogP contribution in [0.5, 0.6) is 0 Å². The van der Waals surface area contributed by atoms with Gasteiger partial charge >= 0.3 is 0 Å². The van der Waals surface area contributed by atoms with Crippen LogP contribution in [-0.4, -0.2) is 19.0 Å². The molecule has 0 saturated carbocycles. The zero-order valence-corrected chi connectivity index (χ0v) is 15.0. The Bertz CT molecular complexity index is 661. The molecule has 0 bridgehead atoms. The number of nitrogens with zero attached hydrogens (tertiary/aromatic N) is 1. The van der Waals surface area contributed by atoms with E-state index < -0.39 is 0 Å². The van der Waals surface area contributed by atoms with Crippen LogP contribution < -0.4 is 10.6 Å². The predicted molar refractivity (Wildman–Crippen MR) is 102 cm³/mol. The zero-order valence-electron chi connectivity index (χ0n) is 13.4. The summed E-state index contributed by atoms with van der Waals surface area (Å²) in [7, 11) is 0. The Balaban J connectivity index is 1.49. The number of aliphatic imine (C=N–C) groups is 1. The fourth-order valence-electron chi connectivity index (χ4n) is 2.25. The molecular weight excluding hydrogens is 338 g/mol. The third kappa shape index (κ3) is 5.54. The van der Waals surface area contributed by atoms with Crippen molar-refractivity contribution in [3.63, 3.8) is 0 Å². The van der Waals surface area contributed by atoms with E-state index in [2.05, 4.69) is 50.0 Å². The molecule has 2 N–H and O–H groups in total. The first kappa shape index (κ1) is 16.8. The predicted octanol–water partition coefficient (Wildman–Crippen LogP) is 3.92. The van der Waals surface area contributed by atoms with Gasteiger partial charge in [0.05, 0.1) is 12.8 Å². The van der Waals surface area contributed by atoms with Crippen molar-refractivity contribution in [3.05, 3.63) is 68.9 Å². The molecule has 3 aromatic heterocycles. The first-order valence-corrected chi connectivity index (χ1v) is 9.80. The molecule has 0 aromatic carbocycles. The highest BCUT2D eigenvalue weighted by Crippen LogP contribution is 2.08. The van der Waals surface area contributed by atoms with Gasteiger partial charge in [0.15, 0.2) is 5.96 Å². The first-order valence-electron chi connectivity index (χ1n) is 7.98. The highest BCUT2D eigenvalue weighted by molar-refractivity contribution is 7.09. The molecule has 3 heterocycles. The van der Waals surface area contributed by atoms with E-state index in [1.165, 1.54) is 10.4 Å². The average molecular weight is 360 g/mol. The van der Waals surface area contributed by atoms with Gasteiger partial charge in [-0.3, -0.25) is 0 Å². The minimum Gasteiger partial charge on any atom is -0.469 e. The number of hydrogen-bond acceptors (Lipinski definition) is 4. The summed E-state index contributed by atoms with van der Waals surface area (Å²) >= 11 is 3.49. The molecule has 0 atom stereocenters. The molecule has 3 rings (SSSR count). The molecule has 0 unspecified atom stereocenters. The topological polar surface area (TPSA) is 49.6 Å². The Labute approximate surface area is 150 Å². The summed E-state index contributed by atoms with van der Waals surface area (Å²) in [5.74, 6) is 1.84. The molecule has 6 heteroatoms. The standard InChI is InChI=1S/C18H21N3OS2/c1-3-16(22-10-1)5-8-19-18(21-13-15-7-12-23-14-15)20-9-6-17-4-2-11-24-17/h1-4,7,10-12,14H,5-6,8-9,13H2,(H2,19,20,21). The Morgan fingerprint density at radius 2 is 1.96 bits per heavy atom. The second-order valence-corrected chi connectivity index (χ2v) is 7.12. The van der Waals surface area contributed by atoms with Crippen LogP contribution in [-0.2, 0) is 19.4 Å². The van der Waals surface area contributed by atoms with E-state index in [9.17, 15) is 0 Å². The molecule has 0 aliphatic carbocycles.